The van der Waals surface area contributed by atoms with Crippen molar-refractivity contribution in [1.82, 2.24) is 9.97 Å². The molecule has 1 spiro atoms. The Kier molecular flexibility index (Phi) is 4.13. The molecule has 2 aliphatic heterocycles. The summed E-state index contributed by atoms with van der Waals surface area (Å²) in [4.78, 5) is 21.1. The average molecular weight is 438 g/mol. The standard InChI is InChI=1S/C26H18N2O5/c1-15-11-24(28-14-27-15)31-17-8-10-21-23(13-17)32-22-12-16(30-2)7-9-20(22)26(21)19-6-4-3-5-18(19)25(29)33-26/h3-14H,1-2H3. The van der Waals surface area contributed by atoms with Gasteiger partial charge in [0, 0.05) is 40.6 Å². The summed E-state index contributed by atoms with van der Waals surface area (Å²) in [7, 11) is 1.59. The normalized spacial score (nSPS) is 17.5. The molecule has 1 unspecified atom stereocenters. The quantitative estimate of drug-likeness (QED) is 0.409. The number of ether oxygens (including phenoxy) is 4. The summed E-state index contributed by atoms with van der Waals surface area (Å²) >= 11 is 0. The number of carbonyl (C=O) groups is 1. The van der Waals surface area contributed by atoms with Gasteiger partial charge in [-0.2, -0.15) is 0 Å². The van der Waals surface area contributed by atoms with Gasteiger partial charge < -0.3 is 18.9 Å². The zero-order chi connectivity index (χ0) is 22.6. The van der Waals surface area contributed by atoms with E-state index in [9.17, 15) is 4.79 Å². The van der Waals surface area contributed by atoms with Crippen molar-refractivity contribution in [2.75, 3.05) is 7.11 Å². The molecular formula is C26H18N2O5. The van der Waals surface area contributed by atoms with Crippen molar-refractivity contribution < 1.29 is 23.7 Å². The van der Waals surface area contributed by atoms with Crippen LogP contribution in [0.2, 0.25) is 0 Å². The molecule has 0 N–H and O–H groups in total. The molecule has 7 nitrogen and oxygen atoms in total. The maximum absolute atomic E-state index is 12.9. The van der Waals surface area contributed by atoms with Gasteiger partial charge in [-0.25, -0.2) is 14.8 Å². The van der Waals surface area contributed by atoms with Gasteiger partial charge in [-0.05, 0) is 37.3 Å². The van der Waals surface area contributed by atoms with Crippen LogP contribution in [0.5, 0.6) is 28.9 Å². The van der Waals surface area contributed by atoms with Crippen molar-refractivity contribution in [2.45, 2.75) is 12.5 Å². The highest BCUT2D eigenvalue weighted by Gasteiger charge is 2.53. The third-order valence-electron chi connectivity index (χ3n) is 5.89. The van der Waals surface area contributed by atoms with Crippen molar-refractivity contribution in [2.24, 2.45) is 0 Å². The minimum Gasteiger partial charge on any atom is -0.497 e. The van der Waals surface area contributed by atoms with E-state index in [-0.39, 0.29) is 5.97 Å². The number of hydrogen-bond donors (Lipinski definition) is 0. The van der Waals surface area contributed by atoms with Crippen LogP contribution in [0.3, 0.4) is 0 Å². The number of methoxy groups -OCH3 is 1. The van der Waals surface area contributed by atoms with E-state index in [0.717, 1.165) is 16.8 Å². The van der Waals surface area contributed by atoms with E-state index in [1.807, 2.05) is 49.4 Å². The Morgan fingerprint density at radius 3 is 2.33 bits per heavy atom. The summed E-state index contributed by atoms with van der Waals surface area (Å²) in [6, 6.07) is 20.1. The summed E-state index contributed by atoms with van der Waals surface area (Å²) in [5, 5.41) is 0. The van der Waals surface area contributed by atoms with Gasteiger partial charge in [-0.3, -0.25) is 0 Å². The molecule has 0 saturated carbocycles. The molecule has 0 aliphatic carbocycles. The minimum atomic E-state index is -1.13. The second-order valence-electron chi connectivity index (χ2n) is 7.84. The molecule has 0 bridgehead atoms. The highest BCUT2D eigenvalue weighted by molar-refractivity contribution is 5.97. The second-order valence-corrected chi connectivity index (χ2v) is 7.84. The number of aryl methyl sites for hydroxylation is 1. The number of fused-ring (bicyclic) bond motifs is 6. The first-order chi connectivity index (χ1) is 16.1. The van der Waals surface area contributed by atoms with Crippen molar-refractivity contribution in [3.63, 3.8) is 0 Å². The number of rotatable bonds is 3. The molecule has 4 aromatic rings. The molecule has 3 heterocycles. The van der Waals surface area contributed by atoms with E-state index in [4.69, 9.17) is 18.9 Å². The summed E-state index contributed by atoms with van der Waals surface area (Å²) in [6.45, 7) is 1.87. The Balaban J connectivity index is 1.54. The molecule has 0 fully saturated rings. The summed E-state index contributed by atoms with van der Waals surface area (Å²) in [5.41, 5.74) is 2.41. The lowest BCUT2D eigenvalue weighted by Crippen LogP contribution is -2.33. The molecule has 6 rings (SSSR count). The van der Waals surface area contributed by atoms with Crippen LogP contribution >= 0.6 is 0 Å². The van der Waals surface area contributed by atoms with Gasteiger partial charge in [0.2, 0.25) is 5.88 Å². The Morgan fingerprint density at radius 1 is 0.848 bits per heavy atom. The first kappa shape index (κ1) is 19.3. The van der Waals surface area contributed by atoms with Crippen LogP contribution in [-0.4, -0.2) is 23.0 Å². The lowest BCUT2D eigenvalue weighted by Gasteiger charge is -2.36. The molecule has 33 heavy (non-hydrogen) atoms. The van der Waals surface area contributed by atoms with Crippen molar-refractivity contribution >= 4 is 5.97 Å². The van der Waals surface area contributed by atoms with E-state index in [1.54, 1.807) is 31.4 Å². The van der Waals surface area contributed by atoms with Crippen LogP contribution in [0, 0.1) is 6.92 Å². The number of nitrogens with zero attached hydrogens (tertiary/aromatic N) is 2. The molecule has 1 atom stereocenters. The van der Waals surface area contributed by atoms with E-state index < -0.39 is 5.60 Å². The van der Waals surface area contributed by atoms with Crippen LogP contribution < -0.4 is 14.2 Å². The van der Waals surface area contributed by atoms with Crippen LogP contribution in [-0.2, 0) is 10.3 Å². The molecule has 1 aromatic heterocycles. The van der Waals surface area contributed by atoms with Gasteiger partial charge in [0.15, 0.2) is 5.60 Å². The Morgan fingerprint density at radius 2 is 1.58 bits per heavy atom. The van der Waals surface area contributed by atoms with Gasteiger partial charge >= 0.3 is 5.97 Å². The van der Waals surface area contributed by atoms with E-state index in [1.165, 1.54) is 6.33 Å². The topological polar surface area (TPSA) is 79.8 Å². The average Bonchev–Trinajstić information content (AvgIpc) is 3.12. The Labute approximate surface area is 189 Å². The summed E-state index contributed by atoms with van der Waals surface area (Å²) in [6.07, 6.45) is 1.45. The molecule has 162 valence electrons. The maximum atomic E-state index is 12.9. The monoisotopic (exact) mass is 438 g/mol. The van der Waals surface area contributed by atoms with Gasteiger partial charge in [-0.1, -0.05) is 18.2 Å². The highest BCUT2D eigenvalue weighted by Crippen LogP contribution is 2.57. The van der Waals surface area contributed by atoms with Crippen LogP contribution in [0.1, 0.15) is 32.7 Å². The van der Waals surface area contributed by atoms with E-state index in [0.29, 0.717) is 40.0 Å². The van der Waals surface area contributed by atoms with Gasteiger partial charge in [0.05, 0.1) is 12.7 Å². The Bertz CT molecular complexity index is 1430. The number of aromatic nitrogens is 2. The fourth-order valence-electron chi connectivity index (χ4n) is 4.43. The van der Waals surface area contributed by atoms with Gasteiger partial charge in [0.25, 0.3) is 0 Å². The molecule has 3 aromatic carbocycles. The number of benzene rings is 3. The zero-order valence-corrected chi connectivity index (χ0v) is 17.9. The molecule has 0 radical (unpaired) electrons. The van der Waals surface area contributed by atoms with E-state index >= 15 is 0 Å². The van der Waals surface area contributed by atoms with Crippen molar-refractivity contribution in [3.8, 4) is 28.9 Å². The van der Waals surface area contributed by atoms with Gasteiger partial charge in [0.1, 0.15) is 29.3 Å². The molecule has 2 aliphatic rings. The minimum absolute atomic E-state index is 0.378. The fourth-order valence-corrected chi connectivity index (χ4v) is 4.43. The van der Waals surface area contributed by atoms with E-state index in [2.05, 4.69) is 9.97 Å². The third kappa shape index (κ3) is 2.86. The lowest BCUT2D eigenvalue weighted by atomic mass is 9.77. The molecular weight excluding hydrogens is 420 g/mol. The predicted octanol–water partition coefficient (Wildman–Crippen LogP) is 5.15. The van der Waals surface area contributed by atoms with Crippen LogP contribution in [0.15, 0.2) is 73.1 Å². The Hall–Kier alpha value is -4.39. The summed E-state index contributed by atoms with van der Waals surface area (Å²) in [5.74, 6) is 2.27. The fraction of sp³-hybridized carbons (Fsp3) is 0.115. The SMILES string of the molecule is COc1ccc2c(c1)Oc1cc(Oc3cc(C)ncn3)ccc1C21OC(=O)c2ccccc21. The van der Waals surface area contributed by atoms with Gasteiger partial charge in [-0.15, -0.1) is 0 Å². The number of esters is 1. The van der Waals surface area contributed by atoms with Crippen LogP contribution in [0.4, 0.5) is 0 Å². The second kappa shape index (κ2) is 7.06. The van der Waals surface area contributed by atoms with Crippen molar-refractivity contribution in [3.05, 3.63) is 101 Å². The summed E-state index contributed by atoms with van der Waals surface area (Å²) < 4.78 is 23.7. The molecule has 7 heteroatoms. The van der Waals surface area contributed by atoms with Crippen LogP contribution in [0.25, 0.3) is 0 Å². The first-order valence-corrected chi connectivity index (χ1v) is 10.4. The van der Waals surface area contributed by atoms with Crippen molar-refractivity contribution in [1.29, 1.82) is 0 Å². The smallest absolute Gasteiger partial charge is 0.340 e. The largest absolute Gasteiger partial charge is 0.497 e. The first-order valence-electron chi connectivity index (χ1n) is 10.4. The lowest BCUT2D eigenvalue weighted by molar-refractivity contribution is 0.0224. The zero-order valence-electron chi connectivity index (χ0n) is 17.9. The molecule has 0 amide bonds. The molecule has 0 saturated heterocycles. The highest BCUT2D eigenvalue weighted by atomic mass is 16.6. The number of hydrogen-bond acceptors (Lipinski definition) is 7. The predicted molar refractivity (Wildman–Crippen MR) is 118 cm³/mol. The third-order valence-corrected chi connectivity index (χ3v) is 5.89. The maximum Gasteiger partial charge on any atom is 0.340 e. The number of carbonyl (C=O) groups excluding carboxylic acids is 1.